The first-order valence-corrected chi connectivity index (χ1v) is 8.34. The predicted octanol–water partition coefficient (Wildman–Crippen LogP) is 1.81. The smallest absolute Gasteiger partial charge is 0.306 e. The largest absolute Gasteiger partial charge is 0.328 e. The van der Waals surface area contributed by atoms with Gasteiger partial charge in [-0.2, -0.15) is 4.40 Å². The number of hydrogen-bond donors (Lipinski definition) is 1. The molecular formula is C16H21N3O3S. The van der Waals surface area contributed by atoms with E-state index in [4.69, 9.17) is 0 Å². The summed E-state index contributed by atoms with van der Waals surface area (Å²) in [6.07, 6.45) is 0. The Morgan fingerprint density at radius 3 is 2.43 bits per heavy atom. The zero-order valence-electron chi connectivity index (χ0n) is 14.2. The molecule has 1 N–H and O–H groups in total. The summed E-state index contributed by atoms with van der Waals surface area (Å²) in [5.74, 6) is 0. The third-order valence-electron chi connectivity index (χ3n) is 3.49. The summed E-state index contributed by atoms with van der Waals surface area (Å²) >= 11 is 0. The number of rotatable bonds is 2. The summed E-state index contributed by atoms with van der Waals surface area (Å²) in [7, 11) is 0.00888. The highest BCUT2D eigenvalue weighted by atomic mass is 32.2. The summed E-state index contributed by atoms with van der Waals surface area (Å²) < 4.78 is 17.0. The van der Waals surface area contributed by atoms with Crippen LogP contribution in [0.25, 0.3) is 10.9 Å². The van der Waals surface area contributed by atoms with E-state index in [0.717, 1.165) is 10.1 Å². The van der Waals surface area contributed by atoms with E-state index in [-0.39, 0.29) is 5.56 Å². The summed E-state index contributed by atoms with van der Waals surface area (Å²) in [6.45, 7) is 9.11. The van der Waals surface area contributed by atoms with Crippen LogP contribution in [0.5, 0.6) is 0 Å². The molecule has 1 atom stereocenters. The second kappa shape index (κ2) is 5.88. The van der Waals surface area contributed by atoms with Gasteiger partial charge in [0.2, 0.25) is 0 Å². The van der Waals surface area contributed by atoms with Gasteiger partial charge in [0, 0.05) is 12.6 Å². The molecule has 0 saturated heterocycles. The van der Waals surface area contributed by atoms with Crippen LogP contribution in [0.2, 0.25) is 0 Å². The molecule has 0 radical (unpaired) electrons. The molecule has 0 aliphatic heterocycles. The van der Waals surface area contributed by atoms with Crippen molar-refractivity contribution in [3.8, 4) is 0 Å². The van der Waals surface area contributed by atoms with Gasteiger partial charge in [-0.15, -0.1) is 0 Å². The zero-order chi connectivity index (χ0) is 17.5. The second-order valence-corrected chi connectivity index (χ2v) is 8.47. The molecule has 1 heterocycles. The van der Waals surface area contributed by atoms with Crippen molar-refractivity contribution >= 4 is 27.6 Å². The number of benzene rings is 1. The fraction of sp³-hybridized carbons (Fsp3) is 0.438. The van der Waals surface area contributed by atoms with E-state index in [1.807, 2.05) is 33.8 Å². The molecule has 0 bridgehead atoms. The monoisotopic (exact) mass is 335 g/mol. The molecule has 0 spiro atoms. The summed E-state index contributed by atoms with van der Waals surface area (Å²) in [6, 6.07) is 3.56. The van der Waals surface area contributed by atoms with E-state index in [2.05, 4.69) is 9.38 Å². The Morgan fingerprint density at radius 1 is 1.26 bits per heavy atom. The average molecular weight is 335 g/mol. The van der Waals surface area contributed by atoms with E-state index in [9.17, 15) is 13.8 Å². The van der Waals surface area contributed by atoms with Crippen molar-refractivity contribution in [1.29, 1.82) is 0 Å². The first-order chi connectivity index (χ1) is 10.5. The first-order valence-electron chi connectivity index (χ1n) is 7.23. The molecule has 0 fully saturated rings. The van der Waals surface area contributed by atoms with E-state index >= 15 is 0 Å². The summed E-state index contributed by atoms with van der Waals surface area (Å²) in [5.41, 5.74) is 1.59. The Labute approximate surface area is 136 Å². The second-order valence-electron chi connectivity index (χ2n) is 6.57. The molecule has 0 saturated carbocycles. The van der Waals surface area contributed by atoms with Crippen molar-refractivity contribution in [2.75, 3.05) is 0 Å². The number of aromatic nitrogens is 2. The van der Waals surface area contributed by atoms with E-state index in [0.29, 0.717) is 22.2 Å². The SMILES string of the molecule is C/C(=N/[S@](=O)C(C)(C)C)c1cc(C)cc2c(=O)n(C)c(=O)[nH]c12. The minimum Gasteiger partial charge on any atom is -0.306 e. The van der Waals surface area contributed by atoms with Crippen LogP contribution < -0.4 is 11.2 Å². The van der Waals surface area contributed by atoms with Crippen molar-refractivity contribution in [2.45, 2.75) is 39.4 Å². The maximum atomic E-state index is 12.3. The molecule has 6 nitrogen and oxygen atoms in total. The van der Waals surface area contributed by atoms with Crippen molar-refractivity contribution < 1.29 is 4.21 Å². The maximum absolute atomic E-state index is 12.3. The highest BCUT2D eigenvalue weighted by molar-refractivity contribution is 7.85. The number of nitrogens with one attached hydrogen (secondary N) is 1. The molecule has 1 aromatic carbocycles. The first kappa shape index (κ1) is 17.3. The lowest BCUT2D eigenvalue weighted by Gasteiger charge is -2.15. The molecular weight excluding hydrogens is 314 g/mol. The standard InChI is InChI=1S/C16H21N3O3S/c1-9-7-11(10(2)18-23(22)16(3,4)5)13-12(8-9)14(20)19(6)15(21)17-13/h7-8H,1-6H3,(H,17,21)/b18-10-/t23-/m1/s1. The number of nitrogens with zero attached hydrogens (tertiary/aromatic N) is 2. The van der Waals surface area contributed by atoms with Crippen LogP contribution in [-0.4, -0.2) is 24.2 Å². The number of aromatic amines is 1. The molecule has 0 aliphatic rings. The van der Waals surface area contributed by atoms with Gasteiger partial charge in [0.1, 0.15) is 11.0 Å². The fourth-order valence-electron chi connectivity index (χ4n) is 2.15. The molecule has 7 heteroatoms. The Kier molecular flexibility index (Phi) is 4.43. The summed E-state index contributed by atoms with van der Waals surface area (Å²) in [4.78, 5) is 26.9. The maximum Gasteiger partial charge on any atom is 0.328 e. The van der Waals surface area contributed by atoms with Gasteiger partial charge in [0.25, 0.3) is 5.56 Å². The number of hydrogen-bond acceptors (Lipinski definition) is 3. The van der Waals surface area contributed by atoms with Crippen molar-refractivity contribution in [3.63, 3.8) is 0 Å². The lowest BCUT2D eigenvalue weighted by Crippen LogP contribution is -2.33. The van der Waals surface area contributed by atoms with Gasteiger partial charge in [0.05, 0.1) is 21.4 Å². The van der Waals surface area contributed by atoms with Gasteiger partial charge >= 0.3 is 5.69 Å². The Bertz CT molecular complexity index is 946. The minimum absolute atomic E-state index is 0.363. The van der Waals surface area contributed by atoms with Gasteiger partial charge < -0.3 is 4.98 Å². The lowest BCUT2D eigenvalue weighted by atomic mass is 10.0. The van der Waals surface area contributed by atoms with Gasteiger partial charge in [-0.05, 0) is 52.3 Å². The number of fused-ring (bicyclic) bond motifs is 1. The Hall–Kier alpha value is -2.02. The number of H-pyrrole nitrogens is 1. The Morgan fingerprint density at radius 2 is 1.87 bits per heavy atom. The zero-order valence-corrected chi connectivity index (χ0v) is 15.0. The van der Waals surface area contributed by atoms with E-state index < -0.39 is 21.4 Å². The van der Waals surface area contributed by atoms with Crippen LogP contribution in [0.1, 0.15) is 38.8 Å². The molecule has 1 aromatic heterocycles. The predicted molar refractivity (Wildman–Crippen MR) is 94.7 cm³/mol. The lowest BCUT2D eigenvalue weighted by molar-refractivity contribution is 0.650. The molecule has 2 aromatic rings. The molecule has 23 heavy (non-hydrogen) atoms. The van der Waals surface area contributed by atoms with Crippen LogP contribution in [-0.2, 0) is 18.0 Å². The van der Waals surface area contributed by atoms with Crippen LogP contribution in [0.4, 0.5) is 0 Å². The highest BCUT2D eigenvalue weighted by Crippen LogP contribution is 2.19. The van der Waals surface area contributed by atoms with E-state index in [1.165, 1.54) is 7.05 Å². The third kappa shape index (κ3) is 3.34. The van der Waals surface area contributed by atoms with Crippen LogP contribution in [0.3, 0.4) is 0 Å². The minimum atomic E-state index is -1.42. The fourth-order valence-corrected chi connectivity index (χ4v) is 2.77. The number of aryl methyl sites for hydroxylation is 1. The molecule has 2 rings (SSSR count). The van der Waals surface area contributed by atoms with Crippen molar-refractivity contribution in [2.24, 2.45) is 11.4 Å². The van der Waals surface area contributed by atoms with Crippen LogP contribution >= 0.6 is 0 Å². The van der Waals surface area contributed by atoms with E-state index in [1.54, 1.807) is 13.0 Å². The highest BCUT2D eigenvalue weighted by Gasteiger charge is 2.20. The Balaban J connectivity index is 2.80. The average Bonchev–Trinajstić information content (AvgIpc) is 2.44. The molecule has 124 valence electrons. The topological polar surface area (TPSA) is 84.3 Å². The molecule has 0 aliphatic carbocycles. The van der Waals surface area contributed by atoms with Gasteiger partial charge in [-0.3, -0.25) is 9.36 Å². The quantitative estimate of drug-likeness (QED) is 0.849. The molecule has 0 amide bonds. The summed E-state index contributed by atoms with van der Waals surface area (Å²) in [5, 5.41) is 0.415. The van der Waals surface area contributed by atoms with Gasteiger partial charge in [-0.25, -0.2) is 9.00 Å². The van der Waals surface area contributed by atoms with Gasteiger partial charge in [-0.1, -0.05) is 0 Å². The normalized spacial score (nSPS) is 14.3. The molecule has 0 unspecified atom stereocenters. The van der Waals surface area contributed by atoms with Crippen molar-refractivity contribution in [3.05, 3.63) is 44.1 Å². The van der Waals surface area contributed by atoms with Crippen molar-refractivity contribution in [1.82, 2.24) is 9.55 Å². The van der Waals surface area contributed by atoms with Crippen LogP contribution in [0.15, 0.2) is 26.1 Å². The van der Waals surface area contributed by atoms with Crippen LogP contribution in [0, 0.1) is 6.92 Å². The van der Waals surface area contributed by atoms with Gasteiger partial charge in [0.15, 0.2) is 0 Å². The third-order valence-corrected chi connectivity index (χ3v) is 4.98.